The summed E-state index contributed by atoms with van der Waals surface area (Å²) in [5, 5.41) is 10.5. The average Bonchev–Trinajstić information content (AvgIpc) is 2.16. The van der Waals surface area contributed by atoms with E-state index in [9.17, 15) is 4.79 Å². The molecule has 0 radical (unpaired) electrons. The average molecular weight is 198 g/mol. The van der Waals surface area contributed by atoms with E-state index < -0.39 is 6.09 Å². The summed E-state index contributed by atoms with van der Waals surface area (Å²) in [6.07, 6.45) is -0.413. The maximum Gasteiger partial charge on any atom is 0.404 e. The van der Waals surface area contributed by atoms with Gasteiger partial charge in [0.1, 0.15) is 0 Å². The van der Waals surface area contributed by atoms with Crippen molar-refractivity contribution < 1.29 is 9.90 Å². The number of nitrogens with one attached hydrogen (secondary N) is 1. The standard InChI is InChI=1S/C10H18N2O2/c1-3-12(4-2)9-7-5-6-8-11-10(13)14/h11H,3-4,6,8-9H2,1-2H3,(H,13,14). The van der Waals surface area contributed by atoms with E-state index in [1.54, 1.807) is 0 Å². The van der Waals surface area contributed by atoms with Crippen molar-refractivity contribution in [2.45, 2.75) is 20.3 Å². The molecule has 4 heteroatoms. The number of rotatable bonds is 5. The quantitative estimate of drug-likeness (QED) is 0.511. The smallest absolute Gasteiger partial charge is 0.404 e. The van der Waals surface area contributed by atoms with Gasteiger partial charge in [0, 0.05) is 13.0 Å². The van der Waals surface area contributed by atoms with E-state index in [0.717, 1.165) is 19.6 Å². The Hall–Kier alpha value is -1.21. The van der Waals surface area contributed by atoms with Crippen LogP contribution in [0.4, 0.5) is 4.79 Å². The van der Waals surface area contributed by atoms with Gasteiger partial charge >= 0.3 is 6.09 Å². The molecule has 0 aliphatic heterocycles. The monoisotopic (exact) mass is 198 g/mol. The van der Waals surface area contributed by atoms with Crippen LogP contribution in [0.2, 0.25) is 0 Å². The third-order valence-corrected chi connectivity index (χ3v) is 1.85. The Balaban J connectivity index is 3.47. The van der Waals surface area contributed by atoms with Gasteiger partial charge in [-0.25, -0.2) is 4.79 Å². The number of nitrogens with zero attached hydrogens (tertiary/aromatic N) is 1. The fourth-order valence-electron chi connectivity index (χ4n) is 0.935. The van der Waals surface area contributed by atoms with Crippen molar-refractivity contribution in [3.05, 3.63) is 0 Å². The highest BCUT2D eigenvalue weighted by atomic mass is 16.4. The summed E-state index contributed by atoms with van der Waals surface area (Å²) in [5.74, 6) is 5.93. The molecule has 0 saturated heterocycles. The zero-order valence-corrected chi connectivity index (χ0v) is 8.84. The van der Waals surface area contributed by atoms with E-state index in [4.69, 9.17) is 5.11 Å². The van der Waals surface area contributed by atoms with Crippen molar-refractivity contribution in [2.24, 2.45) is 0 Å². The number of hydrogen-bond donors (Lipinski definition) is 2. The number of carbonyl (C=O) groups is 1. The van der Waals surface area contributed by atoms with Crippen LogP contribution in [-0.2, 0) is 0 Å². The highest BCUT2D eigenvalue weighted by molar-refractivity contribution is 5.64. The molecule has 4 nitrogen and oxygen atoms in total. The van der Waals surface area contributed by atoms with Crippen LogP contribution in [0.25, 0.3) is 0 Å². The molecule has 0 aliphatic carbocycles. The lowest BCUT2D eigenvalue weighted by molar-refractivity contribution is 0.195. The molecule has 2 N–H and O–H groups in total. The van der Waals surface area contributed by atoms with Crippen LogP contribution >= 0.6 is 0 Å². The Morgan fingerprint density at radius 2 is 2.00 bits per heavy atom. The van der Waals surface area contributed by atoms with Crippen molar-refractivity contribution in [3.63, 3.8) is 0 Å². The Kier molecular flexibility index (Phi) is 7.67. The summed E-state index contributed by atoms with van der Waals surface area (Å²) in [5.41, 5.74) is 0. The zero-order chi connectivity index (χ0) is 10.8. The Morgan fingerprint density at radius 1 is 1.36 bits per heavy atom. The summed E-state index contributed by atoms with van der Waals surface area (Å²) in [7, 11) is 0. The minimum absolute atomic E-state index is 0.403. The van der Waals surface area contributed by atoms with Crippen LogP contribution in [0.5, 0.6) is 0 Å². The van der Waals surface area contributed by atoms with E-state index in [2.05, 4.69) is 35.9 Å². The van der Waals surface area contributed by atoms with Crippen LogP contribution in [0, 0.1) is 11.8 Å². The predicted molar refractivity (Wildman–Crippen MR) is 56.2 cm³/mol. The molecular weight excluding hydrogens is 180 g/mol. The first kappa shape index (κ1) is 12.8. The SMILES string of the molecule is CCN(CC)CC#CCCNC(=O)O. The van der Waals surface area contributed by atoms with Crippen LogP contribution < -0.4 is 5.32 Å². The molecule has 0 aromatic heterocycles. The third-order valence-electron chi connectivity index (χ3n) is 1.85. The second-order valence-electron chi connectivity index (χ2n) is 2.80. The Bertz CT molecular complexity index is 214. The van der Waals surface area contributed by atoms with Crippen molar-refractivity contribution in [3.8, 4) is 11.8 Å². The lowest BCUT2D eigenvalue weighted by atomic mass is 10.4. The molecule has 0 saturated carbocycles. The number of hydrogen-bond acceptors (Lipinski definition) is 2. The molecule has 0 aliphatic rings. The van der Waals surface area contributed by atoms with Crippen LogP contribution in [0.15, 0.2) is 0 Å². The van der Waals surface area contributed by atoms with Gasteiger partial charge in [-0.1, -0.05) is 19.8 Å². The van der Waals surface area contributed by atoms with E-state index in [1.165, 1.54) is 0 Å². The van der Waals surface area contributed by atoms with Crippen molar-refractivity contribution in [1.82, 2.24) is 10.2 Å². The van der Waals surface area contributed by atoms with Gasteiger partial charge in [0.05, 0.1) is 6.54 Å². The van der Waals surface area contributed by atoms with E-state index in [1.807, 2.05) is 0 Å². The fraction of sp³-hybridized carbons (Fsp3) is 0.700. The van der Waals surface area contributed by atoms with Crippen LogP contribution in [0.3, 0.4) is 0 Å². The molecule has 0 atom stereocenters. The first-order valence-electron chi connectivity index (χ1n) is 4.85. The lowest BCUT2D eigenvalue weighted by Crippen LogP contribution is -2.23. The maximum atomic E-state index is 10.1. The van der Waals surface area contributed by atoms with Gasteiger partial charge in [0.25, 0.3) is 0 Å². The van der Waals surface area contributed by atoms with E-state index >= 15 is 0 Å². The molecule has 0 spiro atoms. The maximum absolute atomic E-state index is 10.1. The van der Waals surface area contributed by atoms with Gasteiger partial charge in [0.15, 0.2) is 0 Å². The van der Waals surface area contributed by atoms with Crippen LogP contribution in [-0.4, -0.2) is 42.3 Å². The second kappa shape index (κ2) is 8.39. The first-order chi connectivity index (χ1) is 6.70. The van der Waals surface area contributed by atoms with Gasteiger partial charge in [-0.2, -0.15) is 0 Å². The molecule has 0 heterocycles. The van der Waals surface area contributed by atoms with Crippen molar-refractivity contribution in [2.75, 3.05) is 26.2 Å². The summed E-state index contributed by atoms with van der Waals surface area (Å²) >= 11 is 0. The summed E-state index contributed by atoms with van der Waals surface area (Å²) in [6.45, 7) is 7.35. The second-order valence-corrected chi connectivity index (χ2v) is 2.80. The molecule has 0 fully saturated rings. The number of amides is 1. The lowest BCUT2D eigenvalue weighted by Gasteiger charge is -2.13. The Labute approximate surface area is 85.3 Å². The first-order valence-corrected chi connectivity index (χ1v) is 4.85. The molecular formula is C10H18N2O2. The summed E-state index contributed by atoms with van der Waals surface area (Å²) < 4.78 is 0. The fourth-order valence-corrected chi connectivity index (χ4v) is 0.935. The van der Waals surface area contributed by atoms with E-state index in [-0.39, 0.29) is 0 Å². The minimum atomic E-state index is -0.990. The van der Waals surface area contributed by atoms with Crippen molar-refractivity contribution >= 4 is 6.09 Å². The number of carboxylic acid groups (broad SMARTS) is 1. The minimum Gasteiger partial charge on any atom is -0.465 e. The molecule has 0 aromatic rings. The Morgan fingerprint density at radius 3 is 2.50 bits per heavy atom. The van der Waals surface area contributed by atoms with Gasteiger partial charge in [-0.15, -0.1) is 5.92 Å². The van der Waals surface area contributed by atoms with Crippen molar-refractivity contribution in [1.29, 1.82) is 0 Å². The highest BCUT2D eigenvalue weighted by Gasteiger charge is 1.93. The van der Waals surface area contributed by atoms with Crippen LogP contribution in [0.1, 0.15) is 20.3 Å². The van der Waals surface area contributed by atoms with Gasteiger partial charge in [-0.3, -0.25) is 4.90 Å². The highest BCUT2D eigenvalue weighted by Crippen LogP contribution is 1.83. The molecule has 0 bridgehead atoms. The normalized spacial score (nSPS) is 9.36. The van der Waals surface area contributed by atoms with E-state index in [0.29, 0.717) is 13.0 Å². The molecule has 0 rings (SSSR count). The molecule has 14 heavy (non-hydrogen) atoms. The molecule has 0 aromatic carbocycles. The van der Waals surface area contributed by atoms with Gasteiger partial charge in [0.2, 0.25) is 0 Å². The van der Waals surface area contributed by atoms with Gasteiger partial charge in [-0.05, 0) is 13.1 Å². The molecule has 0 unspecified atom stereocenters. The zero-order valence-electron chi connectivity index (χ0n) is 8.84. The molecule has 80 valence electrons. The van der Waals surface area contributed by atoms with Gasteiger partial charge < -0.3 is 10.4 Å². The summed E-state index contributed by atoms with van der Waals surface area (Å²) in [6, 6.07) is 0. The topological polar surface area (TPSA) is 52.6 Å². The predicted octanol–water partition coefficient (Wildman–Crippen LogP) is 0.989. The third kappa shape index (κ3) is 7.44. The largest absolute Gasteiger partial charge is 0.465 e. The summed E-state index contributed by atoms with van der Waals surface area (Å²) in [4.78, 5) is 12.3. The molecule has 1 amide bonds.